The summed E-state index contributed by atoms with van der Waals surface area (Å²) in [4.78, 5) is 12.1. The lowest BCUT2D eigenvalue weighted by molar-refractivity contribution is 0.0945. The van der Waals surface area contributed by atoms with Crippen LogP contribution in [0.5, 0.6) is 5.75 Å². The van der Waals surface area contributed by atoms with Crippen LogP contribution in [0.1, 0.15) is 42.2 Å². The van der Waals surface area contributed by atoms with Gasteiger partial charge in [-0.3, -0.25) is 4.79 Å². The third-order valence-corrected chi connectivity index (χ3v) is 3.60. The Kier molecular flexibility index (Phi) is 7.01. The second-order valence-corrected chi connectivity index (χ2v) is 5.47. The molecule has 0 spiro atoms. The smallest absolute Gasteiger partial charge is 0.272 e. The van der Waals surface area contributed by atoms with Gasteiger partial charge in [-0.1, -0.05) is 31.9 Å². The van der Waals surface area contributed by atoms with E-state index in [4.69, 9.17) is 4.74 Å². The fraction of sp³-hybridized carbons (Fsp3) is 0.389. The lowest BCUT2D eigenvalue weighted by atomic mass is 10.2. The summed E-state index contributed by atoms with van der Waals surface area (Å²) in [7, 11) is 1.62. The number of ether oxygens (including phenoxy) is 1. The predicted molar refractivity (Wildman–Crippen MR) is 94.2 cm³/mol. The normalized spacial score (nSPS) is 10.2. The van der Waals surface area contributed by atoms with Crippen molar-refractivity contribution >= 4 is 11.7 Å². The first-order chi connectivity index (χ1) is 11.7. The molecule has 0 saturated carbocycles. The van der Waals surface area contributed by atoms with Crippen LogP contribution in [-0.4, -0.2) is 29.8 Å². The largest absolute Gasteiger partial charge is 0.497 e. The number of hydrogen-bond acceptors (Lipinski definition) is 5. The number of aromatic nitrogens is 2. The number of carbonyl (C=O) groups is 1. The molecule has 0 bridgehead atoms. The first-order valence-corrected chi connectivity index (χ1v) is 8.21. The molecule has 24 heavy (non-hydrogen) atoms. The van der Waals surface area contributed by atoms with E-state index >= 15 is 0 Å². The molecule has 0 radical (unpaired) electrons. The molecule has 1 aromatic carbocycles. The zero-order valence-electron chi connectivity index (χ0n) is 14.2. The number of carbonyl (C=O) groups excluding carboxylic acids is 1. The van der Waals surface area contributed by atoms with E-state index in [0.29, 0.717) is 18.1 Å². The molecule has 0 aliphatic heterocycles. The zero-order valence-corrected chi connectivity index (χ0v) is 14.2. The Morgan fingerprint density at radius 3 is 2.50 bits per heavy atom. The summed E-state index contributed by atoms with van der Waals surface area (Å²) in [5, 5.41) is 14.0. The van der Waals surface area contributed by atoms with Crippen LogP contribution >= 0.6 is 0 Å². The summed E-state index contributed by atoms with van der Waals surface area (Å²) < 4.78 is 5.11. The summed E-state index contributed by atoms with van der Waals surface area (Å²) in [6, 6.07) is 11.0. The summed E-state index contributed by atoms with van der Waals surface area (Å²) in [5.41, 5.74) is 1.30. The quantitative estimate of drug-likeness (QED) is 0.692. The van der Waals surface area contributed by atoms with E-state index in [2.05, 4.69) is 27.8 Å². The topological polar surface area (TPSA) is 76.1 Å². The minimum Gasteiger partial charge on any atom is -0.497 e. The van der Waals surface area contributed by atoms with Gasteiger partial charge in [0.15, 0.2) is 5.69 Å². The van der Waals surface area contributed by atoms with Crippen LogP contribution in [0, 0.1) is 0 Å². The van der Waals surface area contributed by atoms with Gasteiger partial charge >= 0.3 is 0 Å². The van der Waals surface area contributed by atoms with Gasteiger partial charge in [-0.2, -0.15) is 0 Å². The van der Waals surface area contributed by atoms with Gasteiger partial charge in [0.25, 0.3) is 5.91 Å². The summed E-state index contributed by atoms with van der Waals surface area (Å²) >= 11 is 0. The summed E-state index contributed by atoms with van der Waals surface area (Å²) in [6.45, 7) is 3.46. The van der Waals surface area contributed by atoms with E-state index in [9.17, 15) is 4.79 Å². The van der Waals surface area contributed by atoms with Gasteiger partial charge in [-0.05, 0) is 36.2 Å². The van der Waals surface area contributed by atoms with Gasteiger partial charge in [0.05, 0.1) is 7.11 Å². The Bertz CT molecular complexity index is 626. The molecule has 2 N–H and O–H groups in total. The molecule has 1 aromatic heterocycles. The second-order valence-electron chi connectivity index (χ2n) is 5.47. The van der Waals surface area contributed by atoms with Crippen LogP contribution in [0.2, 0.25) is 0 Å². The van der Waals surface area contributed by atoms with Crippen molar-refractivity contribution in [3.63, 3.8) is 0 Å². The molecule has 2 rings (SSSR count). The number of amides is 1. The van der Waals surface area contributed by atoms with Crippen LogP contribution in [0.15, 0.2) is 36.4 Å². The maximum Gasteiger partial charge on any atom is 0.272 e. The Labute approximate surface area is 142 Å². The number of anilines is 1. The number of benzene rings is 1. The fourth-order valence-electron chi connectivity index (χ4n) is 2.16. The van der Waals surface area contributed by atoms with Gasteiger partial charge in [0.2, 0.25) is 0 Å². The monoisotopic (exact) mass is 328 g/mol. The lowest BCUT2D eigenvalue weighted by Gasteiger charge is -2.07. The van der Waals surface area contributed by atoms with Gasteiger partial charge < -0.3 is 15.4 Å². The van der Waals surface area contributed by atoms with Crippen LogP contribution < -0.4 is 15.4 Å². The molecule has 6 heteroatoms. The highest BCUT2D eigenvalue weighted by molar-refractivity contribution is 5.92. The van der Waals surface area contributed by atoms with Crippen molar-refractivity contribution in [1.29, 1.82) is 0 Å². The Morgan fingerprint density at radius 2 is 1.88 bits per heavy atom. The molecular weight excluding hydrogens is 304 g/mol. The van der Waals surface area contributed by atoms with E-state index in [0.717, 1.165) is 24.3 Å². The van der Waals surface area contributed by atoms with Gasteiger partial charge in [-0.25, -0.2) is 0 Å². The van der Waals surface area contributed by atoms with E-state index in [1.165, 1.54) is 12.8 Å². The highest BCUT2D eigenvalue weighted by atomic mass is 16.5. The fourth-order valence-corrected chi connectivity index (χ4v) is 2.16. The Balaban J connectivity index is 1.81. The molecule has 0 aliphatic rings. The van der Waals surface area contributed by atoms with Gasteiger partial charge in [0, 0.05) is 13.1 Å². The average molecular weight is 328 g/mol. The number of methoxy groups -OCH3 is 1. The molecule has 0 unspecified atom stereocenters. The maximum absolute atomic E-state index is 12.1. The average Bonchev–Trinajstić information content (AvgIpc) is 2.64. The van der Waals surface area contributed by atoms with Crippen LogP contribution in [0.25, 0.3) is 0 Å². The molecule has 0 fully saturated rings. The molecule has 0 saturated heterocycles. The van der Waals surface area contributed by atoms with Gasteiger partial charge in [-0.15, -0.1) is 10.2 Å². The SMILES string of the molecule is CCCCCNc1ccc(C(=O)NCc2ccc(OC)cc2)nn1. The Morgan fingerprint density at radius 1 is 1.08 bits per heavy atom. The van der Waals surface area contributed by atoms with Crippen molar-refractivity contribution in [2.45, 2.75) is 32.7 Å². The molecule has 2 aromatic rings. The number of hydrogen-bond donors (Lipinski definition) is 2. The first-order valence-electron chi connectivity index (χ1n) is 8.21. The van der Waals surface area contributed by atoms with Crippen molar-refractivity contribution in [3.8, 4) is 5.75 Å². The second kappa shape index (κ2) is 9.50. The standard InChI is InChI=1S/C18H24N4O2/c1-3-4-5-12-19-17-11-10-16(21-22-17)18(23)20-13-14-6-8-15(24-2)9-7-14/h6-11H,3-5,12-13H2,1-2H3,(H,19,22)(H,20,23). The number of nitrogens with one attached hydrogen (secondary N) is 2. The van der Waals surface area contributed by atoms with Crippen molar-refractivity contribution < 1.29 is 9.53 Å². The Hall–Kier alpha value is -2.63. The molecule has 128 valence electrons. The maximum atomic E-state index is 12.1. The van der Waals surface area contributed by atoms with Crippen molar-refractivity contribution in [3.05, 3.63) is 47.7 Å². The van der Waals surface area contributed by atoms with Crippen molar-refractivity contribution in [2.24, 2.45) is 0 Å². The summed E-state index contributed by atoms with van der Waals surface area (Å²) in [5.74, 6) is 1.24. The highest BCUT2D eigenvalue weighted by Crippen LogP contribution is 2.11. The molecule has 1 heterocycles. The minimum atomic E-state index is -0.240. The highest BCUT2D eigenvalue weighted by Gasteiger charge is 2.08. The number of unbranched alkanes of at least 4 members (excludes halogenated alkanes) is 2. The number of rotatable bonds is 9. The van der Waals surface area contributed by atoms with Crippen LogP contribution in [-0.2, 0) is 6.54 Å². The van der Waals surface area contributed by atoms with E-state index < -0.39 is 0 Å². The van der Waals surface area contributed by atoms with E-state index in [-0.39, 0.29) is 5.91 Å². The van der Waals surface area contributed by atoms with Crippen LogP contribution in [0.4, 0.5) is 5.82 Å². The predicted octanol–water partition coefficient (Wildman–Crippen LogP) is 3.02. The molecule has 6 nitrogen and oxygen atoms in total. The molecule has 0 atom stereocenters. The summed E-state index contributed by atoms with van der Waals surface area (Å²) in [6.07, 6.45) is 3.47. The molecular formula is C18H24N4O2. The third-order valence-electron chi connectivity index (χ3n) is 3.60. The molecule has 0 aliphatic carbocycles. The van der Waals surface area contributed by atoms with Crippen molar-refractivity contribution in [2.75, 3.05) is 19.0 Å². The van der Waals surface area contributed by atoms with E-state index in [1.54, 1.807) is 19.2 Å². The minimum absolute atomic E-state index is 0.240. The van der Waals surface area contributed by atoms with E-state index in [1.807, 2.05) is 24.3 Å². The lowest BCUT2D eigenvalue weighted by Crippen LogP contribution is -2.24. The first kappa shape index (κ1) is 17.7. The van der Waals surface area contributed by atoms with Crippen LogP contribution in [0.3, 0.4) is 0 Å². The number of nitrogens with zero attached hydrogens (tertiary/aromatic N) is 2. The van der Waals surface area contributed by atoms with Gasteiger partial charge in [0.1, 0.15) is 11.6 Å². The third kappa shape index (κ3) is 5.53. The van der Waals surface area contributed by atoms with Crippen molar-refractivity contribution in [1.82, 2.24) is 15.5 Å². The zero-order chi connectivity index (χ0) is 17.2. The molecule has 1 amide bonds.